The van der Waals surface area contributed by atoms with Gasteiger partial charge in [-0.2, -0.15) is 0 Å². The number of amides is 1. The summed E-state index contributed by atoms with van der Waals surface area (Å²) in [6.45, 7) is 8.58. The van der Waals surface area contributed by atoms with E-state index in [4.69, 9.17) is 4.74 Å². The molecule has 1 aliphatic heterocycles. The number of hydrogen-bond donors (Lipinski definition) is 0. The van der Waals surface area contributed by atoms with E-state index < -0.39 is 0 Å². The molecule has 0 radical (unpaired) electrons. The molecule has 0 aliphatic carbocycles. The molecule has 98 valence electrons. The lowest BCUT2D eigenvalue weighted by atomic mass is 9.93. The molecule has 0 saturated carbocycles. The number of rotatable bonds is 1. The zero-order valence-electron chi connectivity index (χ0n) is 11.6. The van der Waals surface area contributed by atoms with Crippen molar-refractivity contribution in [1.82, 2.24) is 0 Å². The topological polar surface area (TPSA) is 29.5 Å². The largest absolute Gasteiger partial charge is 0.486 e. The lowest BCUT2D eigenvalue weighted by Crippen LogP contribution is -2.47. The zero-order valence-corrected chi connectivity index (χ0v) is 11.6. The van der Waals surface area contributed by atoms with Gasteiger partial charge in [0, 0.05) is 5.41 Å². The number of anilines is 1. The van der Waals surface area contributed by atoms with E-state index in [9.17, 15) is 4.79 Å². The molecule has 0 saturated heterocycles. The Balaban J connectivity index is 2.38. The number of benzene rings is 1. The number of carbonyl (C=O) groups excluding carboxylic acids is 1. The minimum absolute atomic E-state index is 0.0891. The number of ether oxygens (including phenoxy) is 1. The van der Waals surface area contributed by atoms with E-state index in [-0.39, 0.29) is 17.4 Å². The van der Waals surface area contributed by atoms with Crippen LogP contribution in [0.4, 0.5) is 5.69 Å². The van der Waals surface area contributed by atoms with Crippen molar-refractivity contribution in [3.05, 3.63) is 24.3 Å². The van der Waals surface area contributed by atoms with Gasteiger partial charge in [0.15, 0.2) is 0 Å². The van der Waals surface area contributed by atoms with Crippen LogP contribution in [0, 0.1) is 5.41 Å². The lowest BCUT2D eigenvalue weighted by Gasteiger charge is -2.37. The fourth-order valence-corrected chi connectivity index (χ4v) is 2.11. The van der Waals surface area contributed by atoms with Crippen molar-refractivity contribution in [3.63, 3.8) is 0 Å². The summed E-state index contributed by atoms with van der Waals surface area (Å²) >= 11 is 0. The second-order valence-electron chi connectivity index (χ2n) is 5.78. The summed E-state index contributed by atoms with van der Waals surface area (Å²) in [6, 6.07) is 7.76. The monoisotopic (exact) mass is 247 g/mol. The average Bonchev–Trinajstić information content (AvgIpc) is 2.35. The van der Waals surface area contributed by atoms with Gasteiger partial charge in [-0.1, -0.05) is 39.8 Å². The molecule has 2 rings (SSSR count). The average molecular weight is 247 g/mol. The molecule has 1 atom stereocenters. The molecule has 0 aromatic heterocycles. The van der Waals surface area contributed by atoms with Gasteiger partial charge in [0.2, 0.25) is 5.91 Å². The number of hydrogen-bond acceptors (Lipinski definition) is 2. The summed E-state index contributed by atoms with van der Waals surface area (Å²) in [7, 11) is 0. The number of para-hydroxylation sites is 2. The van der Waals surface area contributed by atoms with Gasteiger partial charge in [-0.3, -0.25) is 4.79 Å². The van der Waals surface area contributed by atoms with Crippen LogP contribution in [0.3, 0.4) is 0 Å². The van der Waals surface area contributed by atoms with Gasteiger partial charge in [0.25, 0.3) is 0 Å². The van der Waals surface area contributed by atoms with Crippen LogP contribution >= 0.6 is 0 Å². The minimum atomic E-state index is -0.372. The van der Waals surface area contributed by atoms with Crippen molar-refractivity contribution in [2.24, 2.45) is 5.41 Å². The molecule has 0 bridgehead atoms. The maximum Gasteiger partial charge on any atom is 0.232 e. The maximum atomic E-state index is 12.5. The van der Waals surface area contributed by atoms with Crippen molar-refractivity contribution < 1.29 is 9.53 Å². The van der Waals surface area contributed by atoms with Crippen molar-refractivity contribution >= 4 is 11.6 Å². The summed E-state index contributed by atoms with van der Waals surface area (Å²) < 4.78 is 5.88. The molecule has 1 unspecified atom stereocenters. The molecule has 3 nitrogen and oxygen atoms in total. The predicted octanol–water partition coefficient (Wildman–Crippen LogP) is 3.24. The maximum absolute atomic E-state index is 12.5. The first-order chi connectivity index (χ1) is 8.43. The molecule has 18 heavy (non-hydrogen) atoms. The highest BCUT2D eigenvalue weighted by Gasteiger charge is 2.34. The van der Waals surface area contributed by atoms with E-state index in [1.54, 1.807) is 0 Å². The van der Waals surface area contributed by atoms with Crippen molar-refractivity contribution in [1.29, 1.82) is 0 Å². The Morgan fingerprint density at radius 3 is 2.67 bits per heavy atom. The zero-order chi connectivity index (χ0) is 13.3. The quantitative estimate of drug-likeness (QED) is 0.762. The third kappa shape index (κ3) is 2.35. The fraction of sp³-hybridized carbons (Fsp3) is 0.533. The van der Waals surface area contributed by atoms with Gasteiger partial charge in [0.05, 0.1) is 12.2 Å². The van der Waals surface area contributed by atoms with Crippen LogP contribution in [0.1, 0.15) is 34.1 Å². The van der Waals surface area contributed by atoms with Crippen LogP contribution < -0.4 is 9.64 Å². The lowest BCUT2D eigenvalue weighted by molar-refractivity contribution is -0.126. The second kappa shape index (κ2) is 4.63. The molecule has 1 aromatic carbocycles. The molecular weight excluding hydrogens is 226 g/mol. The highest BCUT2D eigenvalue weighted by molar-refractivity contribution is 5.98. The Morgan fingerprint density at radius 2 is 2.06 bits per heavy atom. The Kier molecular flexibility index (Phi) is 3.33. The number of nitrogens with zero attached hydrogens (tertiary/aromatic N) is 1. The molecular formula is C15H21NO2. The Morgan fingerprint density at radius 1 is 1.39 bits per heavy atom. The van der Waals surface area contributed by atoms with E-state index in [0.29, 0.717) is 6.54 Å². The molecule has 0 N–H and O–H groups in total. The van der Waals surface area contributed by atoms with Gasteiger partial charge in [-0.15, -0.1) is 0 Å². The second-order valence-corrected chi connectivity index (χ2v) is 5.78. The molecule has 1 aliphatic rings. The highest BCUT2D eigenvalue weighted by Crippen LogP contribution is 2.36. The summed E-state index contributed by atoms with van der Waals surface area (Å²) in [5.41, 5.74) is 0.519. The third-order valence-electron chi connectivity index (χ3n) is 3.18. The van der Waals surface area contributed by atoms with Gasteiger partial charge in [-0.25, -0.2) is 0 Å². The SMILES string of the molecule is CCC1CN(C(=O)C(C)(C)C)c2ccccc2O1. The highest BCUT2D eigenvalue weighted by atomic mass is 16.5. The summed E-state index contributed by atoms with van der Waals surface area (Å²) in [4.78, 5) is 14.4. The van der Waals surface area contributed by atoms with Crippen molar-refractivity contribution in [2.75, 3.05) is 11.4 Å². The van der Waals surface area contributed by atoms with Crippen LogP contribution in [0.15, 0.2) is 24.3 Å². The van der Waals surface area contributed by atoms with Crippen LogP contribution in [-0.2, 0) is 4.79 Å². The van der Waals surface area contributed by atoms with Gasteiger partial charge >= 0.3 is 0 Å². The molecule has 0 fully saturated rings. The Bertz CT molecular complexity index is 448. The van der Waals surface area contributed by atoms with E-state index in [0.717, 1.165) is 17.9 Å². The van der Waals surface area contributed by atoms with Gasteiger partial charge < -0.3 is 9.64 Å². The molecule has 3 heteroatoms. The third-order valence-corrected chi connectivity index (χ3v) is 3.18. The minimum Gasteiger partial charge on any atom is -0.486 e. The first-order valence-electron chi connectivity index (χ1n) is 6.51. The van der Waals surface area contributed by atoms with Crippen LogP contribution in [-0.4, -0.2) is 18.6 Å². The first kappa shape index (κ1) is 12.9. The summed E-state index contributed by atoms with van der Waals surface area (Å²) in [5, 5.41) is 0. The van der Waals surface area contributed by atoms with E-state index in [2.05, 4.69) is 6.92 Å². The normalized spacial score (nSPS) is 19.1. The molecule has 1 aromatic rings. The predicted molar refractivity (Wildman–Crippen MR) is 73.0 cm³/mol. The van der Waals surface area contributed by atoms with Crippen molar-refractivity contribution in [2.45, 2.75) is 40.2 Å². The fourth-order valence-electron chi connectivity index (χ4n) is 2.11. The van der Waals surface area contributed by atoms with Gasteiger partial charge in [0.1, 0.15) is 11.9 Å². The van der Waals surface area contributed by atoms with E-state index in [1.165, 1.54) is 0 Å². The Hall–Kier alpha value is -1.51. The van der Waals surface area contributed by atoms with E-state index >= 15 is 0 Å². The van der Waals surface area contributed by atoms with Crippen LogP contribution in [0.2, 0.25) is 0 Å². The molecule has 1 heterocycles. The standard InChI is InChI=1S/C15H21NO2/c1-5-11-10-16(14(17)15(2,3)4)12-8-6-7-9-13(12)18-11/h6-9,11H,5,10H2,1-4H3. The first-order valence-corrected chi connectivity index (χ1v) is 6.51. The van der Waals surface area contributed by atoms with E-state index in [1.807, 2.05) is 49.9 Å². The number of carbonyl (C=O) groups is 1. The number of fused-ring (bicyclic) bond motifs is 1. The molecule has 0 spiro atoms. The summed E-state index contributed by atoms with van der Waals surface area (Å²) in [5.74, 6) is 0.963. The Labute approximate surface area is 109 Å². The van der Waals surface area contributed by atoms with Crippen LogP contribution in [0.5, 0.6) is 5.75 Å². The van der Waals surface area contributed by atoms with Crippen LogP contribution in [0.25, 0.3) is 0 Å². The van der Waals surface area contributed by atoms with Crippen molar-refractivity contribution in [3.8, 4) is 5.75 Å². The molecule has 1 amide bonds. The smallest absolute Gasteiger partial charge is 0.232 e. The summed E-state index contributed by atoms with van der Waals surface area (Å²) in [6.07, 6.45) is 0.994. The van der Waals surface area contributed by atoms with Gasteiger partial charge in [-0.05, 0) is 18.6 Å².